The first-order chi connectivity index (χ1) is 9.36. The molecule has 0 bridgehead atoms. The van der Waals surface area contributed by atoms with Crippen LogP contribution in [0, 0.1) is 17.0 Å². The minimum absolute atomic E-state index is 0.0379. The van der Waals surface area contributed by atoms with E-state index >= 15 is 0 Å². The Bertz CT molecular complexity index is 490. The molecule has 0 spiro atoms. The van der Waals surface area contributed by atoms with Gasteiger partial charge in [-0.05, 0) is 20.8 Å². The van der Waals surface area contributed by atoms with Gasteiger partial charge in [0.05, 0.1) is 23.7 Å². The normalized spacial score (nSPS) is 11.2. The van der Waals surface area contributed by atoms with Gasteiger partial charge in [0, 0.05) is 6.54 Å². The summed E-state index contributed by atoms with van der Waals surface area (Å²) in [7, 11) is 0. The number of aliphatic hydroxyl groups excluding tert-OH is 2. The Kier molecular flexibility index (Phi) is 5.17. The van der Waals surface area contributed by atoms with Gasteiger partial charge in [-0.2, -0.15) is 4.98 Å². The van der Waals surface area contributed by atoms with Crippen molar-refractivity contribution < 1.29 is 15.1 Å². The zero-order valence-electron chi connectivity index (χ0n) is 11.7. The van der Waals surface area contributed by atoms with Crippen LogP contribution in [0.15, 0.2) is 0 Å². The lowest BCUT2D eigenvalue weighted by atomic mass is 10.1. The minimum atomic E-state index is -1.12. The molecule has 0 aromatic carbocycles. The highest BCUT2D eigenvalue weighted by molar-refractivity contribution is 5.62. The van der Waals surface area contributed by atoms with Crippen LogP contribution in [0.3, 0.4) is 0 Å². The summed E-state index contributed by atoms with van der Waals surface area (Å²) < 4.78 is 0. The van der Waals surface area contributed by atoms with Crippen LogP contribution in [0.1, 0.15) is 19.5 Å². The third-order valence-electron chi connectivity index (χ3n) is 2.69. The quantitative estimate of drug-likeness (QED) is 0.414. The molecule has 1 heterocycles. The van der Waals surface area contributed by atoms with Crippen molar-refractivity contribution in [2.75, 3.05) is 30.4 Å². The van der Waals surface area contributed by atoms with E-state index in [4.69, 9.17) is 0 Å². The average molecular weight is 285 g/mol. The first kappa shape index (κ1) is 16.1. The van der Waals surface area contributed by atoms with Crippen LogP contribution < -0.4 is 10.6 Å². The summed E-state index contributed by atoms with van der Waals surface area (Å²) in [5.41, 5.74) is -1.20. The van der Waals surface area contributed by atoms with Crippen LogP contribution in [0.25, 0.3) is 0 Å². The average Bonchev–Trinajstić information content (AvgIpc) is 2.38. The van der Waals surface area contributed by atoms with E-state index < -0.39 is 23.7 Å². The highest BCUT2D eigenvalue weighted by Crippen LogP contribution is 2.28. The van der Waals surface area contributed by atoms with Gasteiger partial charge in [-0.3, -0.25) is 10.1 Å². The molecular weight excluding hydrogens is 266 g/mol. The van der Waals surface area contributed by atoms with Gasteiger partial charge in [0.2, 0.25) is 11.8 Å². The van der Waals surface area contributed by atoms with Crippen molar-refractivity contribution in [3.63, 3.8) is 0 Å². The first-order valence-electron chi connectivity index (χ1n) is 6.13. The van der Waals surface area contributed by atoms with Gasteiger partial charge in [0.15, 0.2) is 0 Å². The molecule has 20 heavy (non-hydrogen) atoms. The van der Waals surface area contributed by atoms with Crippen LogP contribution in [-0.2, 0) is 0 Å². The summed E-state index contributed by atoms with van der Waals surface area (Å²) in [6.07, 6.45) is 0. The van der Waals surface area contributed by atoms with Crippen molar-refractivity contribution in [2.24, 2.45) is 0 Å². The summed E-state index contributed by atoms with van der Waals surface area (Å²) in [6, 6.07) is 0. The van der Waals surface area contributed by atoms with Gasteiger partial charge in [-0.15, -0.1) is 0 Å². The predicted octanol–water partition coefficient (Wildman–Crippen LogP) is 0.280. The second-order valence-corrected chi connectivity index (χ2v) is 4.62. The number of aromatic nitrogens is 2. The standard InChI is InChI=1S/C11H19N5O4/c1-4-12-10-13-7(2)8(16(19)20)9(14-10)15-11(3,5-17)6-18/h17-18H,4-6H2,1-3H3,(H2,12,13,14,15). The Morgan fingerprint density at radius 2 is 1.95 bits per heavy atom. The molecule has 4 N–H and O–H groups in total. The van der Waals surface area contributed by atoms with Crippen LogP contribution >= 0.6 is 0 Å². The smallest absolute Gasteiger partial charge is 0.332 e. The number of hydrogen-bond acceptors (Lipinski definition) is 8. The molecule has 9 nitrogen and oxygen atoms in total. The molecule has 0 saturated carbocycles. The lowest BCUT2D eigenvalue weighted by molar-refractivity contribution is -0.385. The van der Waals surface area contributed by atoms with Crippen LogP contribution in [-0.4, -0.2) is 50.4 Å². The first-order valence-corrected chi connectivity index (χ1v) is 6.13. The van der Waals surface area contributed by atoms with Gasteiger partial charge in [0.1, 0.15) is 5.69 Å². The zero-order valence-corrected chi connectivity index (χ0v) is 11.7. The number of hydrogen-bond donors (Lipinski definition) is 4. The molecule has 0 aliphatic rings. The van der Waals surface area contributed by atoms with E-state index in [0.29, 0.717) is 6.54 Å². The number of nitro groups is 1. The van der Waals surface area contributed by atoms with E-state index in [0.717, 1.165) is 0 Å². The summed E-state index contributed by atoms with van der Waals surface area (Å²) in [6.45, 7) is 4.63. The fraction of sp³-hybridized carbons (Fsp3) is 0.636. The Morgan fingerprint density at radius 3 is 2.40 bits per heavy atom. The second kappa shape index (κ2) is 6.44. The van der Waals surface area contributed by atoms with Gasteiger partial charge in [0.25, 0.3) is 0 Å². The van der Waals surface area contributed by atoms with E-state index in [2.05, 4.69) is 20.6 Å². The highest BCUT2D eigenvalue weighted by atomic mass is 16.6. The largest absolute Gasteiger partial charge is 0.394 e. The lowest BCUT2D eigenvalue weighted by Gasteiger charge is -2.26. The molecule has 0 radical (unpaired) electrons. The molecule has 0 amide bonds. The van der Waals surface area contributed by atoms with Crippen molar-refractivity contribution in [3.05, 3.63) is 15.8 Å². The Balaban J connectivity index is 3.29. The predicted molar refractivity (Wildman–Crippen MR) is 73.8 cm³/mol. The van der Waals surface area contributed by atoms with Gasteiger partial charge < -0.3 is 20.8 Å². The van der Waals surface area contributed by atoms with Crippen molar-refractivity contribution in [1.29, 1.82) is 0 Å². The summed E-state index contributed by atoms with van der Waals surface area (Å²) in [5.74, 6) is 0.209. The Hall–Kier alpha value is -2.00. The minimum Gasteiger partial charge on any atom is -0.394 e. The number of nitrogens with one attached hydrogen (secondary N) is 2. The van der Waals surface area contributed by atoms with E-state index in [1.54, 1.807) is 0 Å². The molecule has 9 heteroatoms. The molecule has 0 aliphatic heterocycles. The van der Waals surface area contributed by atoms with Crippen molar-refractivity contribution in [2.45, 2.75) is 26.3 Å². The van der Waals surface area contributed by atoms with E-state index in [9.17, 15) is 20.3 Å². The monoisotopic (exact) mass is 285 g/mol. The number of anilines is 2. The molecule has 1 aromatic heterocycles. The van der Waals surface area contributed by atoms with E-state index in [1.165, 1.54) is 13.8 Å². The number of aryl methyl sites for hydroxylation is 1. The van der Waals surface area contributed by atoms with Crippen molar-refractivity contribution in [1.82, 2.24) is 9.97 Å². The molecular formula is C11H19N5O4. The summed E-state index contributed by atoms with van der Waals surface area (Å²) >= 11 is 0. The number of nitrogens with zero attached hydrogens (tertiary/aromatic N) is 3. The maximum atomic E-state index is 11.1. The number of rotatable bonds is 7. The fourth-order valence-electron chi connectivity index (χ4n) is 1.52. The number of aliphatic hydroxyl groups is 2. The third-order valence-corrected chi connectivity index (χ3v) is 2.69. The summed E-state index contributed by atoms with van der Waals surface area (Å²) in [5, 5.41) is 35.2. The fourth-order valence-corrected chi connectivity index (χ4v) is 1.52. The molecule has 1 rings (SSSR count). The maximum Gasteiger partial charge on any atom is 0.332 e. The van der Waals surface area contributed by atoms with Crippen LogP contribution in [0.5, 0.6) is 0 Å². The molecule has 1 aromatic rings. The molecule has 0 aliphatic carbocycles. The van der Waals surface area contributed by atoms with E-state index in [1.807, 2.05) is 6.92 Å². The molecule has 112 valence electrons. The molecule has 0 unspecified atom stereocenters. The van der Waals surface area contributed by atoms with E-state index in [-0.39, 0.29) is 23.1 Å². The summed E-state index contributed by atoms with van der Waals surface area (Å²) in [4.78, 5) is 18.5. The van der Waals surface area contributed by atoms with Gasteiger partial charge >= 0.3 is 5.69 Å². The van der Waals surface area contributed by atoms with Crippen molar-refractivity contribution >= 4 is 17.5 Å². The van der Waals surface area contributed by atoms with Gasteiger partial charge in [-0.25, -0.2) is 4.98 Å². The van der Waals surface area contributed by atoms with Crippen LogP contribution in [0.2, 0.25) is 0 Å². The Labute approximate surface area is 116 Å². The highest BCUT2D eigenvalue weighted by Gasteiger charge is 2.29. The van der Waals surface area contributed by atoms with Crippen LogP contribution in [0.4, 0.5) is 17.5 Å². The third kappa shape index (κ3) is 3.52. The molecule has 0 atom stereocenters. The topological polar surface area (TPSA) is 133 Å². The molecule has 0 saturated heterocycles. The van der Waals surface area contributed by atoms with Gasteiger partial charge in [-0.1, -0.05) is 0 Å². The maximum absolute atomic E-state index is 11.1. The van der Waals surface area contributed by atoms with Crippen molar-refractivity contribution in [3.8, 4) is 0 Å². The molecule has 0 fully saturated rings. The lowest BCUT2D eigenvalue weighted by Crippen LogP contribution is -2.43. The zero-order chi connectivity index (χ0) is 15.3. The second-order valence-electron chi connectivity index (χ2n) is 4.62. The Morgan fingerprint density at radius 1 is 1.35 bits per heavy atom. The SMILES string of the molecule is CCNc1nc(C)c([N+](=O)[O-])c(NC(C)(CO)CO)n1.